The minimum Gasteiger partial charge on any atom is -0.494 e. The van der Waals surface area contributed by atoms with Crippen LogP contribution in [-0.4, -0.2) is 17.9 Å². The molecule has 1 aromatic heterocycles. The molecule has 4 nitrogen and oxygen atoms in total. The van der Waals surface area contributed by atoms with E-state index in [-0.39, 0.29) is 17.4 Å². The normalized spacial score (nSPS) is 10.3. The largest absolute Gasteiger partial charge is 0.494 e. The molecule has 1 aromatic carbocycles. The molecule has 0 aliphatic heterocycles. The number of nitrogens with two attached hydrogens (primary N) is 1. The van der Waals surface area contributed by atoms with Crippen molar-refractivity contribution in [1.29, 1.82) is 0 Å². The van der Waals surface area contributed by atoms with Crippen LogP contribution in [0.2, 0.25) is 0 Å². The second-order valence-electron chi connectivity index (χ2n) is 4.12. The highest BCUT2D eigenvalue weighted by molar-refractivity contribution is 6.11. The standard InChI is InChI=1S/C14H13FN2O2/c1-8-5-10(14(16)17-7-8)13(18)9-3-4-11(15)12(6-9)19-2/h3-7H,1-2H3,(H2,16,17). The van der Waals surface area contributed by atoms with Crippen molar-refractivity contribution in [2.75, 3.05) is 12.8 Å². The SMILES string of the molecule is COc1cc(C(=O)c2cc(C)cnc2N)ccc1F. The molecular weight excluding hydrogens is 247 g/mol. The number of aromatic nitrogens is 1. The molecule has 0 bridgehead atoms. The first-order chi connectivity index (χ1) is 9.02. The van der Waals surface area contributed by atoms with Crippen LogP contribution in [0.3, 0.4) is 0 Å². The van der Waals surface area contributed by atoms with Crippen LogP contribution >= 0.6 is 0 Å². The molecule has 2 N–H and O–H groups in total. The molecule has 98 valence electrons. The van der Waals surface area contributed by atoms with Gasteiger partial charge in [-0.2, -0.15) is 0 Å². The molecule has 0 atom stereocenters. The Hall–Kier alpha value is -2.43. The molecule has 0 unspecified atom stereocenters. The van der Waals surface area contributed by atoms with Crippen LogP contribution < -0.4 is 10.5 Å². The molecule has 1 heterocycles. The lowest BCUT2D eigenvalue weighted by molar-refractivity contribution is 0.103. The van der Waals surface area contributed by atoms with Crippen LogP contribution in [-0.2, 0) is 0 Å². The van der Waals surface area contributed by atoms with Crippen molar-refractivity contribution in [2.45, 2.75) is 6.92 Å². The van der Waals surface area contributed by atoms with Gasteiger partial charge in [-0.1, -0.05) is 0 Å². The first-order valence-electron chi connectivity index (χ1n) is 5.63. The fraction of sp³-hybridized carbons (Fsp3) is 0.143. The van der Waals surface area contributed by atoms with Crippen LogP contribution in [0.25, 0.3) is 0 Å². The van der Waals surface area contributed by atoms with E-state index in [1.807, 2.05) is 6.92 Å². The molecule has 2 rings (SSSR count). The molecule has 2 aromatic rings. The summed E-state index contributed by atoms with van der Waals surface area (Å²) in [5.41, 5.74) is 7.12. The summed E-state index contributed by atoms with van der Waals surface area (Å²) in [6, 6.07) is 5.58. The highest BCUT2D eigenvalue weighted by atomic mass is 19.1. The summed E-state index contributed by atoms with van der Waals surface area (Å²) in [6.45, 7) is 1.81. The second kappa shape index (κ2) is 5.06. The van der Waals surface area contributed by atoms with Gasteiger partial charge in [0.1, 0.15) is 5.82 Å². The summed E-state index contributed by atoms with van der Waals surface area (Å²) in [4.78, 5) is 16.2. The molecule has 0 saturated heterocycles. The van der Waals surface area contributed by atoms with E-state index in [4.69, 9.17) is 10.5 Å². The van der Waals surface area contributed by atoms with Crippen molar-refractivity contribution in [2.24, 2.45) is 0 Å². The van der Waals surface area contributed by atoms with Gasteiger partial charge in [-0.3, -0.25) is 4.79 Å². The summed E-state index contributed by atoms with van der Waals surface area (Å²) >= 11 is 0. The van der Waals surface area contributed by atoms with E-state index in [0.717, 1.165) is 5.56 Å². The number of aryl methyl sites for hydroxylation is 1. The molecule has 5 heteroatoms. The highest BCUT2D eigenvalue weighted by Gasteiger charge is 2.15. The topological polar surface area (TPSA) is 65.2 Å². The van der Waals surface area contributed by atoms with E-state index in [2.05, 4.69) is 4.98 Å². The maximum absolute atomic E-state index is 13.3. The van der Waals surface area contributed by atoms with E-state index in [1.54, 1.807) is 12.3 Å². The van der Waals surface area contributed by atoms with Gasteiger partial charge in [0.2, 0.25) is 0 Å². The summed E-state index contributed by atoms with van der Waals surface area (Å²) in [5, 5.41) is 0. The zero-order valence-electron chi connectivity index (χ0n) is 10.6. The molecule has 0 spiro atoms. The van der Waals surface area contributed by atoms with Crippen molar-refractivity contribution >= 4 is 11.6 Å². The molecule has 0 fully saturated rings. The monoisotopic (exact) mass is 260 g/mol. The lowest BCUT2D eigenvalue weighted by Gasteiger charge is -2.07. The van der Waals surface area contributed by atoms with Crippen LogP contribution in [0.5, 0.6) is 5.75 Å². The van der Waals surface area contributed by atoms with E-state index in [1.165, 1.54) is 25.3 Å². The molecule has 0 aliphatic rings. The Morgan fingerprint density at radius 1 is 1.37 bits per heavy atom. The number of nitrogens with zero attached hydrogens (tertiary/aromatic N) is 1. The number of anilines is 1. The number of ketones is 1. The molecule has 0 radical (unpaired) electrons. The Morgan fingerprint density at radius 3 is 2.79 bits per heavy atom. The number of benzene rings is 1. The highest BCUT2D eigenvalue weighted by Crippen LogP contribution is 2.22. The lowest BCUT2D eigenvalue weighted by atomic mass is 10.0. The Balaban J connectivity index is 2.47. The summed E-state index contributed by atoms with van der Waals surface area (Å²) in [6.07, 6.45) is 1.58. The summed E-state index contributed by atoms with van der Waals surface area (Å²) in [5.74, 6) is -0.662. The van der Waals surface area contributed by atoms with Gasteiger partial charge in [0.05, 0.1) is 12.7 Å². The Morgan fingerprint density at radius 2 is 2.11 bits per heavy atom. The number of pyridine rings is 1. The summed E-state index contributed by atoms with van der Waals surface area (Å²) < 4.78 is 18.2. The molecule has 19 heavy (non-hydrogen) atoms. The lowest BCUT2D eigenvalue weighted by Crippen LogP contribution is -2.08. The van der Waals surface area contributed by atoms with E-state index >= 15 is 0 Å². The van der Waals surface area contributed by atoms with Gasteiger partial charge in [0.15, 0.2) is 17.3 Å². The van der Waals surface area contributed by atoms with Crippen LogP contribution in [0.1, 0.15) is 21.5 Å². The smallest absolute Gasteiger partial charge is 0.196 e. The first kappa shape index (κ1) is 13.0. The second-order valence-corrected chi connectivity index (χ2v) is 4.12. The minimum absolute atomic E-state index is 0.0185. The predicted molar refractivity (Wildman–Crippen MR) is 69.8 cm³/mol. The number of rotatable bonds is 3. The maximum atomic E-state index is 13.3. The number of carbonyl (C=O) groups is 1. The third-order valence-electron chi connectivity index (χ3n) is 2.71. The first-order valence-corrected chi connectivity index (χ1v) is 5.63. The Labute approximate surface area is 110 Å². The predicted octanol–water partition coefficient (Wildman–Crippen LogP) is 2.35. The van der Waals surface area contributed by atoms with Crippen molar-refractivity contribution < 1.29 is 13.9 Å². The average molecular weight is 260 g/mol. The van der Waals surface area contributed by atoms with Crippen LogP contribution in [0.4, 0.5) is 10.2 Å². The third-order valence-corrected chi connectivity index (χ3v) is 2.71. The van der Waals surface area contributed by atoms with Crippen molar-refractivity contribution in [3.8, 4) is 5.75 Å². The quantitative estimate of drug-likeness (QED) is 0.860. The minimum atomic E-state index is -0.519. The van der Waals surface area contributed by atoms with Gasteiger partial charge in [-0.15, -0.1) is 0 Å². The number of methoxy groups -OCH3 is 1. The van der Waals surface area contributed by atoms with Gasteiger partial charge in [-0.05, 0) is 36.8 Å². The molecule has 0 aliphatic carbocycles. The van der Waals surface area contributed by atoms with Gasteiger partial charge in [-0.25, -0.2) is 9.37 Å². The van der Waals surface area contributed by atoms with Crippen molar-refractivity contribution in [3.63, 3.8) is 0 Å². The van der Waals surface area contributed by atoms with Crippen molar-refractivity contribution in [3.05, 3.63) is 53.0 Å². The van der Waals surface area contributed by atoms with Crippen molar-refractivity contribution in [1.82, 2.24) is 4.98 Å². The molecule has 0 amide bonds. The number of nitrogen functional groups attached to an aromatic ring is 1. The zero-order chi connectivity index (χ0) is 14.0. The number of hydrogen-bond donors (Lipinski definition) is 1. The Kier molecular flexibility index (Phi) is 3.46. The Bertz CT molecular complexity index is 641. The van der Waals surface area contributed by atoms with E-state index in [9.17, 15) is 9.18 Å². The van der Waals surface area contributed by atoms with Gasteiger partial charge >= 0.3 is 0 Å². The van der Waals surface area contributed by atoms with E-state index in [0.29, 0.717) is 11.1 Å². The van der Waals surface area contributed by atoms with E-state index < -0.39 is 5.82 Å². The number of carbonyl (C=O) groups excluding carboxylic acids is 1. The summed E-state index contributed by atoms with van der Waals surface area (Å²) in [7, 11) is 1.34. The van der Waals surface area contributed by atoms with Gasteiger partial charge in [0.25, 0.3) is 0 Å². The zero-order valence-corrected chi connectivity index (χ0v) is 10.6. The van der Waals surface area contributed by atoms with Gasteiger partial charge in [0, 0.05) is 11.8 Å². The molecule has 0 saturated carbocycles. The maximum Gasteiger partial charge on any atom is 0.196 e. The average Bonchev–Trinajstić information content (AvgIpc) is 2.41. The van der Waals surface area contributed by atoms with Gasteiger partial charge < -0.3 is 10.5 Å². The van der Waals surface area contributed by atoms with Crippen LogP contribution in [0, 0.1) is 12.7 Å². The van der Waals surface area contributed by atoms with Crippen LogP contribution in [0.15, 0.2) is 30.5 Å². The number of ether oxygens (including phenoxy) is 1. The fourth-order valence-corrected chi connectivity index (χ4v) is 1.72. The third kappa shape index (κ3) is 2.54. The fourth-order valence-electron chi connectivity index (χ4n) is 1.72. The number of halogens is 1. The number of hydrogen-bond acceptors (Lipinski definition) is 4. The molecular formula is C14H13FN2O2.